The van der Waals surface area contributed by atoms with Crippen LogP contribution in [0.5, 0.6) is 0 Å². The Kier molecular flexibility index (Phi) is 14.9. The average molecular weight is 960 g/mol. The van der Waals surface area contributed by atoms with Gasteiger partial charge in [0.25, 0.3) is 0 Å². The van der Waals surface area contributed by atoms with Gasteiger partial charge in [-0.05, 0) is 70.6 Å². The zero-order valence-electron chi connectivity index (χ0n) is 26.1. The van der Waals surface area contributed by atoms with Gasteiger partial charge in [0, 0.05) is 49.2 Å². The summed E-state index contributed by atoms with van der Waals surface area (Å²) >= 11 is 20.7. The molecule has 2 heterocycles. The predicted molar refractivity (Wildman–Crippen MR) is 195 cm³/mol. The number of carboxylic acid groups (broad SMARTS) is 1. The number of fused-ring (bicyclic) bond motifs is 2. The summed E-state index contributed by atoms with van der Waals surface area (Å²) < 4.78 is 39.1. The minimum absolute atomic E-state index is 0. The smallest absolute Gasteiger partial charge is 0.545 e. The summed E-state index contributed by atoms with van der Waals surface area (Å²) in [4.78, 5) is 30.6. The Hall–Kier alpha value is -2.31. The molecule has 0 spiro atoms. The van der Waals surface area contributed by atoms with E-state index < -0.39 is 23.6 Å². The van der Waals surface area contributed by atoms with Crippen molar-refractivity contribution in [1.29, 1.82) is 0 Å². The van der Waals surface area contributed by atoms with Gasteiger partial charge < -0.3 is 29.5 Å². The number of imidazole rings is 2. The van der Waals surface area contributed by atoms with Gasteiger partial charge in [-0.1, -0.05) is 61.1 Å². The van der Waals surface area contributed by atoms with Gasteiger partial charge in [-0.2, -0.15) is 0 Å². The van der Waals surface area contributed by atoms with E-state index >= 15 is 0 Å². The molecule has 0 saturated carbocycles. The first-order valence-electron chi connectivity index (χ1n) is 13.5. The van der Waals surface area contributed by atoms with Crippen LogP contribution < -0.4 is 40.4 Å². The summed E-state index contributed by atoms with van der Waals surface area (Å²) in [6.07, 6.45) is 2.92. The quantitative estimate of drug-likeness (QED) is 0.0879. The van der Waals surface area contributed by atoms with Crippen molar-refractivity contribution >= 4 is 117 Å². The number of carbonyl (C=O) groups excluding carboxylic acids is 2. The molecule has 49 heavy (non-hydrogen) atoms. The van der Waals surface area contributed by atoms with Gasteiger partial charge in [0.15, 0.2) is 11.6 Å². The van der Waals surface area contributed by atoms with Crippen LogP contribution in [-0.2, 0) is 25.3 Å². The summed E-state index contributed by atoms with van der Waals surface area (Å²) in [6, 6.07) is 13.8. The predicted octanol–water partition coefficient (Wildman–Crippen LogP) is 4.87. The van der Waals surface area contributed by atoms with Crippen molar-refractivity contribution in [2.24, 2.45) is 14.1 Å². The van der Waals surface area contributed by atoms with Crippen molar-refractivity contribution < 1.29 is 57.8 Å². The Morgan fingerprint density at radius 3 is 1.90 bits per heavy atom. The third-order valence-corrected chi connectivity index (χ3v) is 9.86. The number of aromatic carboxylic acids is 1. The first-order chi connectivity index (χ1) is 22.6. The number of aryl methyl sites for hydroxylation is 2. The van der Waals surface area contributed by atoms with Crippen LogP contribution in [0.25, 0.3) is 22.1 Å². The summed E-state index contributed by atoms with van der Waals surface area (Å²) in [5.74, 6) is -3.46. The van der Waals surface area contributed by atoms with E-state index in [0.717, 1.165) is 17.5 Å². The second-order valence-corrected chi connectivity index (χ2v) is 13.9. The van der Waals surface area contributed by atoms with Gasteiger partial charge in [-0.25, -0.2) is 23.5 Å². The molecule has 0 saturated heterocycles. The van der Waals surface area contributed by atoms with Gasteiger partial charge in [0.1, 0.15) is 11.0 Å². The zero-order valence-corrected chi connectivity index (χ0v) is 35.0. The maximum Gasteiger partial charge on any atom is 1.00 e. The number of benzene rings is 4. The van der Waals surface area contributed by atoms with Crippen LogP contribution in [0.4, 0.5) is 14.5 Å². The van der Waals surface area contributed by atoms with Gasteiger partial charge >= 0.3 is 35.5 Å². The number of halogens is 7. The normalized spacial score (nSPS) is 10.5. The number of carbonyl (C=O) groups is 2. The maximum absolute atomic E-state index is 14.8. The Morgan fingerprint density at radius 2 is 1.41 bits per heavy atom. The van der Waals surface area contributed by atoms with Crippen LogP contribution in [0.1, 0.15) is 31.8 Å². The molecule has 0 aliphatic rings. The van der Waals surface area contributed by atoms with Crippen molar-refractivity contribution in [3.05, 3.63) is 118 Å². The van der Waals surface area contributed by atoms with Crippen molar-refractivity contribution in [3.63, 3.8) is 0 Å². The molecule has 0 atom stereocenters. The third kappa shape index (κ3) is 9.52. The third-order valence-electron chi connectivity index (χ3n) is 6.95. The molecular weight excluding hydrogens is 937 g/mol. The number of methoxy groups -OCH3 is 1. The molecule has 0 bridgehead atoms. The maximum atomic E-state index is 14.8. The van der Waals surface area contributed by atoms with Crippen molar-refractivity contribution in [2.75, 3.05) is 12.8 Å². The molecule has 6 aromatic rings. The molecule has 4 aromatic carbocycles. The number of carboxylic acids is 1. The minimum Gasteiger partial charge on any atom is -0.545 e. The molecule has 0 fully saturated rings. The largest absolute Gasteiger partial charge is 1.00 e. The molecule has 0 unspecified atom stereocenters. The monoisotopic (exact) mass is 957 g/mol. The molecule has 0 amide bonds. The topological polar surface area (TPSA) is 128 Å². The summed E-state index contributed by atoms with van der Waals surface area (Å²) in [7, 11) is 4.58. The zero-order chi connectivity index (χ0) is 35.4. The fourth-order valence-electron chi connectivity index (χ4n) is 4.46. The van der Waals surface area contributed by atoms with Crippen molar-refractivity contribution in [3.8, 4) is 0 Å². The van der Waals surface area contributed by atoms with Gasteiger partial charge in [0.05, 0.1) is 53.0 Å². The molecule has 0 radical (unpaired) electrons. The van der Waals surface area contributed by atoms with E-state index in [-0.39, 0.29) is 69.4 Å². The van der Waals surface area contributed by atoms with E-state index in [1.165, 1.54) is 31.9 Å². The van der Waals surface area contributed by atoms with Crippen LogP contribution in [-0.4, -0.2) is 38.2 Å². The number of nitrogens with two attached hydrogens (primary N) is 1. The average Bonchev–Trinajstić information content (AvgIpc) is 3.61. The number of nitrogens with zero attached hydrogens (tertiary/aromatic N) is 4. The standard InChI is InChI=1S/C16H11BrClFN2O2.C10H10FN3O2.C6H3BrClI.Na/c1-21-7-20-15-13(21)6-11(16(22)23)10(14(15)19)4-8-2-3-9(17)5-12(8)18;1-14-4-13-9-6(14)3-5(10(15)16-2)8(12)7(9)11;7-4-1-2-6(9)5(8)3-4;/h2-3,5-7H,4H2,1H3,(H,22,23);3-4H,12H2,1-2H3;1-3H;/q;;;+1/p-1. The second kappa shape index (κ2) is 17.8. The number of ether oxygens (including phenoxy) is 1. The van der Waals surface area contributed by atoms with Crippen molar-refractivity contribution in [2.45, 2.75) is 6.42 Å². The Balaban J connectivity index is 0.000000217. The number of aromatic nitrogens is 4. The Bertz CT molecular complexity index is 2200. The van der Waals surface area contributed by atoms with Crippen LogP contribution >= 0.6 is 77.7 Å². The van der Waals surface area contributed by atoms with Crippen LogP contribution in [0.3, 0.4) is 0 Å². The summed E-state index contributed by atoms with van der Waals surface area (Å²) in [6.45, 7) is 0. The van der Waals surface area contributed by atoms with Gasteiger partial charge in [-0.3, -0.25) is 0 Å². The number of anilines is 1. The minimum atomic E-state index is -1.43. The molecule has 9 nitrogen and oxygen atoms in total. The molecule has 250 valence electrons. The van der Waals surface area contributed by atoms with Gasteiger partial charge in [0.2, 0.25) is 0 Å². The van der Waals surface area contributed by atoms with E-state index in [1.807, 2.05) is 18.2 Å². The molecule has 17 heteroatoms. The first-order valence-corrected chi connectivity index (χ1v) is 16.9. The van der Waals surface area contributed by atoms with Crippen LogP contribution in [0.15, 0.2) is 70.1 Å². The number of nitrogen functional groups attached to an aromatic ring is 1. The molecule has 0 aliphatic carbocycles. The van der Waals surface area contributed by atoms with E-state index in [9.17, 15) is 23.5 Å². The van der Waals surface area contributed by atoms with Crippen LogP contribution in [0, 0.1) is 15.2 Å². The number of esters is 1. The van der Waals surface area contributed by atoms with E-state index in [2.05, 4.69) is 69.2 Å². The number of hydrogen-bond donors (Lipinski definition) is 1. The Morgan fingerprint density at radius 1 is 0.898 bits per heavy atom. The van der Waals surface area contributed by atoms with E-state index in [4.69, 9.17) is 28.9 Å². The van der Waals surface area contributed by atoms with E-state index in [0.29, 0.717) is 21.6 Å². The number of hydrogen-bond acceptors (Lipinski definition) is 7. The molecular formula is C32H23Br2Cl2F2IN5NaO4. The molecule has 6 rings (SSSR count). The SMILES string of the molecule is COC(=O)c1cc2c(ncn2C)c(F)c1N.Clc1cc(Br)ccc1I.Cn1cnc2c(F)c(Cc3ccc(Br)cc3Cl)c(C(=O)[O-])cc21.[Na+]. The summed E-state index contributed by atoms with van der Waals surface area (Å²) in [5, 5.41) is 12.6. The second-order valence-electron chi connectivity index (χ2n) is 10.1. The summed E-state index contributed by atoms with van der Waals surface area (Å²) in [5.41, 5.74) is 6.88. The van der Waals surface area contributed by atoms with Crippen molar-refractivity contribution in [1.82, 2.24) is 19.1 Å². The molecule has 0 aliphatic heterocycles. The Labute approximate surface area is 341 Å². The molecule has 2 aromatic heterocycles. The van der Waals surface area contributed by atoms with Gasteiger partial charge in [-0.15, -0.1) is 0 Å². The first kappa shape index (κ1) is 41.1. The molecule has 2 N–H and O–H groups in total. The van der Waals surface area contributed by atoms with E-state index in [1.54, 1.807) is 41.4 Å². The fraction of sp³-hybridized carbons (Fsp3) is 0.125. The van der Waals surface area contributed by atoms with Crippen LogP contribution in [0.2, 0.25) is 10.0 Å². The fourth-order valence-corrected chi connectivity index (χ4v) is 6.21. The number of rotatable bonds is 4.